The minimum atomic E-state index is -0.190. The summed E-state index contributed by atoms with van der Waals surface area (Å²) in [5, 5.41) is 9.52. The largest absolute Gasteiger partial charge is 0.376 e. The van der Waals surface area contributed by atoms with Crippen LogP contribution < -0.4 is 16.0 Å². The fraction of sp³-hybridized carbons (Fsp3) is 0.167. The molecule has 0 aromatic heterocycles. The number of anilines is 2. The molecular weight excluding hydrogens is 398 g/mol. The maximum absolute atomic E-state index is 12.5. The van der Waals surface area contributed by atoms with Crippen molar-refractivity contribution in [2.24, 2.45) is 0 Å². The van der Waals surface area contributed by atoms with E-state index in [9.17, 15) is 9.59 Å². The lowest BCUT2D eigenvalue weighted by Gasteiger charge is -2.14. The Balaban J connectivity index is 1.53. The second-order valence-corrected chi connectivity index (χ2v) is 7.40. The summed E-state index contributed by atoms with van der Waals surface area (Å²) >= 11 is 6.09. The van der Waals surface area contributed by atoms with Gasteiger partial charge in [-0.3, -0.25) is 9.59 Å². The SMILES string of the molecule is Cc1c(Cl)cccc1NCC(=O)Nc1ccc(C(=O)NC(C)c2ccccc2)cc1. The van der Waals surface area contributed by atoms with E-state index in [4.69, 9.17) is 11.6 Å². The van der Waals surface area contributed by atoms with Gasteiger partial charge in [-0.15, -0.1) is 0 Å². The van der Waals surface area contributed by atoms with Gasteiger partial charge in [-0.2, -0.15) is 0 Å². The zero-order chi connectivity index (χ0) is 21.5. The van der Waals surface area contributed by atoms with Crippen LogP contribution in [0.4, 0.5) is 11.4 Å². The molecule has 6 heteroatoms. The molecule has 0 spiro atoms. The Hall–Kier alpha value is -3.31. The highest BCUT2D eigenvalue weighted by Crippen LogP contribution is 2.22. The Bertz CT molecular complexity index is 1020. The quantitative estimate of drug-likeness (QED) is 0.491. The summed E-state index contributed by atoms with van der Waals surface area (Å²) in [5.74, 6) is -0.355. The third kappa shape index (κ3) is 5.61. The molecule has 1 unspecified atom stereocenters. The number of hydrogen-bond acceptors (Lipinski definition) is 3. The Kier molecular flexibility index (Phi) is 7.09. The zero-order valence-corrected chi connectivity index (χ0v) is 17.7. The zero-order valence-electron chi connectivity index (χ0n) is 16.9. The lowest BCUT2D eigenvalue weighted by molar-refractivity contribution is -0.114. The van der Waals surface area contributed by atoms with Crippen LogP contribution >= 0.6 is 11.6 Å². The van der Waals surface area contributed by atoms with Crippen molar-refractivity contribution in [2.75, 3.05) is 17.2 Å². The van der Waals surface area contributed by atoms with Gasteiger partial charge in [-0.1, -0.05) is 48.0 Å². The Morgan fingerprint density at radius 3 is 2.33 bits per heavy atom. The Morgan fingerprint density at radius 2 is 1.63 bits per heavy atom. The van der Waals surface area contributed by atoms with Crippen molar-refractivity contribution < 1.29 is 9.59 Å². The third-order valence-corrected chi connectivity index (χ3v) is 5.19. The number of hydrogen-bond donors (Lipinski definition) is 3. The molecule has 0 radical (unpaired) electrons. The van der Waals surface area contributed by atoms with Gasteiger partial charge in [0.1, 0.15) is 0 Å². The number of benzene rings is 3. The predicted molar refractivity (Wildman–Crippen MR) is 122 cm³/mol. The van der Waals surface area contributed by atoms with E-state index < -0.39 is 0 Å². The highest BCUT2D eigenvalue weighted by atomic mass is 35.5. The van der Waals surface area contributed by atoms with Crippen LogP contribution in [0.15, 0.2) is 72.8 Å². The first-order valence-electron chi connectivity index (χ1n) is 9.69. The molecule has 0 heterocycles. The molecule has 2 amide bonds. The first-order valence-corrected chi connectivity index (χ1v) is 10.1. The molecule has 3 N–H and O–H groups in total. The molecule has 0 aliphatic carbocycles. The number of rotatable bonds is 7. The van der Waals surface area contributed by atoms with E-state index >= 15 is 0 Å². The average Bonchev–Trinajstić information content (AvgIpc) is 2.76. The Labute approximate surface area is 181 Å². The summed E-state index contributed by atoms with van der Waals surface area (Å²) in [6.07, 6.45) is 0. The van der Waals surface area contributed by atoms with Crippen molar-refractivity contribution >= 4 is 34.8 Å². The van der Waals surface area contributed by atoms with E-state index in [1.807, 2.05) is 56.3 Å². The monoisotopic (exact) mass is 421 g/mol. The predicted octanol–water partition coefficient (Wildman–Crippen LogP) is 5.19. The van der Waals surface area contributed by atoms with Gasteiger partial charge in [-0.25, -0.2) is 0 Å². The lowest BCUT2D eigenvalue weighted by atomic mass is 10.1. The fourth-order valence-corrected chi connectivity index (χ4v) is 3.16. The van der Waals surface area contributed by atoms with E-state index in [2.05, 4.69) is 16.0 Å². The lowest BCUT2D eigenvalue weighted by Crippen LogP contribution is -2.26. The highest BCUT2D eigenvalue weighted by molar-refractivity contribution is 6.31. The summed E-state index contributed by atoms with van der Waals surface area (Å²) in [6, 6.07) is 22.0. The smallest absolute Gasteiger partial charge is 0.251 e. The molecule has 5 nitrogen and oxygen atoms in total. The van der Waals surface area contributed by atoms with Crippen LogP contribution in [-0.2, 0) is 4.79 Å². The van der Waals surface area contributed by atoms with Gasteiger partial charge in [-0.05, 0) is 61.4 Å². The fourth-order valence-electron chi connectivity index (χ4n) is 2.99. The first-order chi connectivity index (χ1) is 14.4. The van der Waals surface area contributed by atoms with Gasteiger partial charge in [0.2, 0.25) is 5.91 Å². The number of carbonyl (C=O) groups excluding carboxylic acids is 2. The van der Waals surface area contributed by atoms with Crippen LogP contribution in [0.3, 0.4) is 0 Å². The third-order valence-electron chi connectivity index (χ3n) is 4.79. The number of nitrogens with one attached hydrogen (secondary N) is 3. The molecule has 0 saturated carbocycles. The van der Waals surface area contributed by atoms with Gasteiger partial charge in [0.05, 0.1) is 12.6 Å². The van der Waals surface area contributed by atoms with Crippen LogP contribution in [0.2, 0.25) is 5.02 Å². The van der Waals surface area contributed by atoms with Crippen LogP contribution in [0.1, 0.15) is 34.5 Å². The van der Waals surface area contributed by atoms with Crippen molar-refractivity contribution in [2.45, 2.75) is 19.9 Å². The first kappa shape index (κ1) is 21.4. The van der Waals surface area contributed by atoms with Gasteiger partial charge in [0.25, 0.3) is 5.91 Å². The molecule has 0 aliphatic rings. The molecule has 0 saturated heterocycles. The van der Waals surface area contributed by atoms with E-state index in [1.54, 1.807) is 30.3 Å². The standard InChI is InChI=1S/C24H24ClN3O2/c1-16-21(25)9-6-10-22(16)26-15-23(29)28-20-13-11-19(12-14-20)24(30)27-17(2)18-7-4-3-5-8-18/h3-14,17,26H,15H2,1-2H3,(H,27,30)(H,28,29). The topological polar surface area (TPSA) is 70.2 Å². The van der Waals surface area contributed by atoms with Crippen LogP contribution in [-0.4, -0.2) is 18.4 Å². The van der Waals surface area contributed by atoms with E-state index in [0.717, 1.165) is 16.8 Å². The summed E-state index contributed by atoms with van der Waals surface area (Å²) in [6.45, 7) is 3.94. The Morgan fingerprint density at radius 1 is 0.933 bits per heavy atom. The minimum absolute atomic E-state index is 0.0981. The summed E-state index contributed by atoms with van der Waals surface area (Å²) in [4.78, 5) is 24.7. The number of carbonyl (C=O) groups is 2. The average molecular weight is 422 g/mol. The molecular formula is C24H24ClN3O2. The molecule has 154 valence electrons. The van der Waals surface area contributed by atoms with Crippen LogP contribution in [0.5, 0.6) is 0 Å². The molecule has 1 atom stereocenters. The van der Waals surface area contributed by atoms with Crippen molar-refractivity contribution in [3.63, 3.8) is 0 Å². The van der Waals surface area contributed by atoms with Gasteiger partial charge in [0.15, 0.2) is 0 Å². The van der Waals surface area contributed by atoms with Gasteiger partial charge < -0.3 is 16.0 Å². The van der Waals surface area contributed by atoms with E-state index in [0.29, 0.717) is 16.3 Å². The maximum Gasteiger partial charge on any atom is 0.251 e. The maximum atomic E-state index is 12.5. The summed E-state index contributed by atoms with van der Waals surface area (Å²) < 4.78 is 0. The van der Waals surface area contributed by atoms with Gasteiger partial charge >= 0.3 is 0 Å². The van der Waals surface area contributed by atoms with Gasteiger partial charge in [0, 0.05) is 22.0 Å². The van der Waals surface area contributed by atoms with Crippen molar-refractivity contribution in [3.8, 4) is 0 Å². The molecule has 0 aliphatic heterocycles. The number of amides is 2. The minimum Gasteiger partial charge on any atom is -0.376 e. The van der Waals surface area contributed by atoms with E-state index in [-0.39, 0.29) is 24.4 Å². The van der Waals surface area contributed by atoms with E-state index in [1.165, 1.54) is 0 Å². The molecule has 0 bridgehead atoms. The van der Waals surface area contributed by atoms with Crippen molar-refractivity contribution in [1.29, 1.82) is 0 Å². The van der Waals surface area contributed by atoms with Crippen molar-refractivity contribution in [1.82, 2.24) is 5.32 Å². The molecule has 0 fully saturated rings. The van der Waals surface area contributed by atoms with Crippen LogP contribution in [0, 0.1) is 6.92 Å². The molecule has 3 aromatic carbocycles. The summed E-state index contributed by atoms with van der Waals surface area (Å²) in [5.41, 5.74) is 3.90. The molecule has 3 aromatic rings. The van der Waals surface area contributed by atoms with Crippen molar-refractivity contribution in [3.05, 3.63) is 94.5 Å². The second kappa shape index (κ2) is 9.94. The highest BCUT2D eigenvalue weighted by Gasteiger charge is 2.12. The normalized spacial score (nSPS) is 11.4. The molecule has 3 rings (SSSR count). The number of halogens is 1. The van der Waals surface area contributed by atoms with Crippen LogP contribution in [0.25, 0.3) is 0 Å². The second-order valence-electron chi connectivity index (χ2n) is 7.00. The summed E-state index contributed by atoms with van der Waals surface area (Å²) in [7, 11) is 0. The molecule has 30 heavy (non-hydrogen) atoms.